The summed E-state index contributed by atoms with van der Waals surface area (Å²) in [4.78, 5) is 24.7. The molecule has 0 aliphatic heterocycles. The predicted molar refractivity (Wildman–Crippen MR) is 108 cm³/mol. The quantitative estimate of drug-likeness (QED) is 0.584. The maximum absolute atomic E-state index is 13.7. The van der Waals surface area contributed by atoms with Crippen molar-refractivity contribution in [3.05, 3.63) is 71.3 Å². The molecule has 0 fully saturated rings. The number of carbonyl (C=O) groups is 2. The van der Waals surface area contributed by atoms with Gasteiger partial charge in [-0.3, -0.25) is 9.59 Å². The third kappa shape index (κ3) is 5.29. The Morgan fingerprint density at radius 1 is 0.906 bits per heavy atom. The monoisotopic (exact) mass is 449 g/mol. The number of hydrogen-bond donors (Lipinski definition) is 2. The fourth-order valence-electron chi connectivity index (χ4n) is 2.76. The highest BCUT2D eigenvalue weighted by atomic mass is 19.4. The molecule has 3 aromatic rings. The van der Waals surface area contributed by atoms with E-state index in [-0.39, 0.29) is 17.3 Å². The lowest BCUT2D eigenvalue weighted by Crippen LogP contribution is -2.40. The van der Waals surface area contributed by atoms with Gasteiger partial charge in [-0.2, -0.15) is 13.2 Å². The molecule has 3 rings (SSSR count). The van der Waals surface area contributed by atoms with E-state index in [4.69, 9.17) is 0 Å². The molecular formula is C21H19F4N5O2. The average molecular weight is 449 g/mol. The molecule has 0 spiro atoms. The van der Waals surface area contributed by atoms with Crippen LogP contribution in [0.4, 0.5) is 23.2 Å². The Balaban J connectivity index is 1.85. The molecule has 0 saturated heterocycles. The van der Waals surface area contributed by atoms with Crippen molar-refractivity contribution in [1.82, 2.24) is 20.3 Å². The SMILES string of the molecule is CC(C)(C)NC(=O)c1ccc(NC(=O)c2nnn(-c3ccc(F)cc3)c2C(F)(F)F)cc1. The Bertz CT molecular complexity index is 1130. The van der Waals surface area contributed by atoms with E-state index in [0.29, 0.717) is 10.2 Å². The second kappa shape index (κ2) is 8.40. The van der Waals surface area contributed by atoms with Gasteiger partial charge in [-0.1, -0.05) is 5.21 Å². The van der Waals surface area contributed by atoms with Gasteiger partial charge in [0.2, 0.25) is 0 Å². The van der Waals surface area contributed by atoms with E-state index < -0.39 is 34.8 Å². The van der Waals surface area contributed by atoms with E-state index in [1.165, 1.54) is 24.3 Å². The predicted octanol–water partition coefficient (Wildman–Crippen LogP) is 4.21. The van der Waals surface area contributed by atoms with Gasteiger partial charge in [0.25, 0.3) is 11.8 Å². The van der Waals surface area contributed by atoms with Gasteiger partial charge in [0.05, 0.1) is 5.69 Å². The number of nitrogens with one attached hydrogen (secondary N) is 2. The lowest BCUT2D eigenvalue weighted by molar-refractivity contribution is -0.143. The number of hydrogen-bond acceptors (Lipinski definition) is 4. The van der Waals surface area contributed by atoms with Crippen LogP contribution in [-0.4, -0.2) is 32.3 Å². The summed E-state index contributed by atoms with van der Waals surface area (Å²) in [5, 5.41) is 11.9. The number of aromatic nitrogens is 3. The molecule has 1 heterocycles. The van der Waals surface area contributed by atoms with Crippen molar-refractivity contribution in [3.63, 3.8) is 0 Å². The van der Waals surface area contributed by atoms with Crippen molar-refractivity contribution in [2.24, 2.45) is 0 Å². The lowest BCUT2D eigenvalue weighted by Gasteiger charge is -2.20. The summed E-state index contributed by atoms with van der Waals surface area (Å²) in [6.45, 7) is 5.45. The Morgan fingerprint density at radius 2 is 1.50 bits per heavy atom. The minimum absolute atomic E-state index is 0.112. The van der Waals surface area contributed by atoms with Crippen LogP contribution in [0.1, 0.15) is 47.3 Å². The summed E-state index contributed by atoms with van der Waals surface area (Å²) in [6, 6.07) is 9.72. The fraction of sp³-hybridized carbons (Fsp3) is 0.238. The van der Waals surface area contributed by atoms with Crippen LogP contribution in [0, 0.1) is 5.82 Å². The molecule has 1 aromatic heterocycles. The first-order chi connectivity index (χ1) is 14.8. The summed E-state index contributed by atoms with van der Waals surface area (Å²) >= 11 is 0. The number of alkyl halides is 3. The molecule has 0 unspecified atom stereocenters. The number of rotatable bonds is 4. The van der Waals surface area contributed by atoms with Gasteiger partial charge in [-0.25, -0.2) is 9.07 Å². The first kappa shape index (κ1) is 22.9. The number of anilines is 1. The van der Waals surface area contributed by atoms with Crippen molar-refractivity contribution < 1.29 is 27.2 Å². The summed E-state index contributed by atoms with van der Waals surface area (Å²) in [5.41, 5.74) is -2.43. The zero-order valence-corrected chi connectivity index (χ0v) is 17.3. The third-order valence-electron chi connectivity index (χ3n) is 4.12. The van der Waals surface area contributed by atoms with Gasteiger partial charge in [-0.05, 0) is 69.3 Å². The number of halogens is 4. The minimum Gasteiger partial charge on any atom is -0.347 e. The second-order valence-electron chi connectivity index (χ2n) is 7.91. The third-order valence-corrected chi connectivity index (χ3v) is 4.12. The van der Waals surface area contributed by atoms with Gasteiger partial charge in [0, 0.05) is 16.8 Å². The maximum atomic E-state index is 13.7. The van der Waals surface area contributed by atoms with E-state index >= 15 is 0 Å². The van der Waals surface area contributed by atoms with Crippen LogP contribution < -0.4 is 10.6 Å². The van der Waals surface area contributed by atoms with E-state index in [9.17, 15) is 27.2 Å². The van der Waals surface area contributed by atoms with Gasteiger partial charge in [-0.15, -0.1) is 5.10 Å². The second-order valence-corrected chi connectivity index (χ2v) is 7.91. The standard InChI is InChI=1S/C21H19F4N5O2/c1-20(2,3)27-18(31)12-4-8-14(9-5-12)26-19(32)16-17(21(23,24)25)30(29-28-16)15-10-6-13(22)7-11-15/h4-11H,1-3H3,(H,26,32)(H,27,31). The molecule has 168 valence electrons. The van der Waals surface area contributed by atoms with Crippen LogP contribution in [0.5, 0.6) is 0 Å². The molecule has 0 saturated carbocycles. The molecule has 32 heavy (non-hydrogen) atoms. The van der Waals surface area contributed by atoms with Crippen LogP contribution in [0.3, 0.4) is 0 Å². The summed E-state index contributed by atoms with van der Waals surface area (Å²) in [6.07, 6.45) is -4.96. The van der Waals surface area contributed by atoms with Crippen molar-refractivity contribution in [3.8, 4) is 5.69 Å². The highest BCUT2D eigenvalue weighted by Gasteiger charge is 2.42. The molecule has 0 aliphatic carbocycles. The number of nitrogens with zero attached hydrogens (tertiary/aromatic N) is 3. The van der Waals surface area contributed by atoms with Crippen LogP contribution in [0.15, 0.2) is 48.5 Å². The van der Waals surface area contributed by atoms with Crippen molar-refractivity contribution >= 4 is 17.5 Å². The highest BCUT2D eigenvalue weighted by molar-refractivity contribution is 6.04. The van der Waals surface area contributed by atoms with Crippen LogP contribution in [0.25, 0.3) is 5.69 Å². The topological polar surface area (TPSA) is 88.9 Å². The molecule has 2 N–H and O–H groups in total. The average Bonchev–Trinajstić information content (AvgIpc) is 3.13. The Hall–Kier alpha value is -3.76. The van der Waals surface area contributed by atoms with Crippen molar-refractivity contribution in [2.45, 2.75) is 32.5 Å². The first-order valence-corrected chi connectivity index (χ1v) is 9.38. The Morgan fingerprint density at radius 3 is 2.03 bits per heavy atom. The lowest BCUT2D eigenvalue weighted by atomic mass is 10.1. The number of benzene rings is 2. The normalized spacial score (nSPS) is 11.8. The molecule has 0 radical (unpaired) electrons. The minimum atomic E-state index is -4.96. The van der Waals surface area contributed by atoms with Crippen LogP contribution in [-0.2, 0) is 6.18 Å². The van der Waals surface area contributed by atoms with Gasteiger partial charge in [0.1, 0.15) is 5.82 Å². The smallest absolute Gasteiger partial charge is 0.347 e. The Kier molecular flexibility index (Phi) is 6.02. The molecule has 7 nitrogen and oxygen atoms in total. The fourth-order valence-corrected chi connectivity index (χ4v) is 2.76. The van der Waals surface area contributed by atoms with Gasteiger partial charge < -0.3 is 10.6 Å². The summed E-state index contributed by atoms with van der Waals surface area (Å²) < 4.78 is 54.6. The zero-order chi connectivity index (χ0) is 23.7. The summed E-state index contributed by atoms with van der Waals surface area (Å²) in [7, 11) is 0. The number of amides is 2. The molecule has 0 bridgehead atoms. The van der Waals surface area contributed by atoms with Crippen molar-refractivity contribution in [2.75, 3.05) is 5.32 Å². The van der Waals surface area contributed by atoms with Gasteiger partial charge >= 0.3 is 6.18 Å². The molecule has 11 heteroatoms. The van der Waals surface area contributed by atoms with Crippen LogP contribution in [0.2, 0.25) is 0 Å². The molecular weight excluding hydrogens is 430 g/mol. The van der Waals surface area contributed by atoms with E-state index in [0.717, 1.165) is 24.3 Å². The molecule has 2 amide bonds. The van der Waals surface area contributed by atoms with Crippen LogP contribution >= 0.6 is 0 Å². The van der Waals surface area contributed by atoms with E-state index in [1.807, 2.05) is 20.8 Å². The molecule has 2 aromatic carbocycles. The maximum Gasteiger partial charge on any atom is 0.435 e. The Labute approximate surface area is 180 Å². The van der Waals surface area contributed by atoms with Gasteiger partial charge in [0.15, 0.2) is 11.4 Å². The molecule has 0 atom stereocenters. The van der Waals surface area contributed by atoms with E-state index in [2.05, 4.69) is 20.9 Å². The zero-order valence-electron chi connectivity index (χ0n) is 17.3. The molecule has 0 aliphatic rings. The van der Waals surface area contributed by atoms with Crippen molar-refractivity contribution in [1.29, 1.82) is 0 Å². The highest BCUT2D eigenvalue weighted by Crippen LogP contribution is 2.33. The van der Waals surface area contributed by atoms with E-state index in [1.54, 1.807) is 0 Å². The largest absolute Gasteiger partial charge is 0.435 e. The number of carbonyl (C=O) groups excluding carboxylic acids is 2. The summed E-state index contributed by atoms with van der Waals surface area (Å²) in [5.74, 6) is -2.12. The first-order valence-electron chi connectivity index (χ1n) is 9.38.